The summed E-state index contributed by atoms with van der Waals surface area (Å²) in [5, 5.41) is 20.4. The summed E-state index contributed by atoms with van der Waals surface area (Å²) in [7, 11) is 1.66. The van der Waals surface area contributed by atoms with E-state index in [1.165, 1.54) is 28.0 Å². The van der Waals surface area contributed by atoms with Gasteiger partial charge in [-0.2, -0.15) is 0 Å². The molecule has 0 unspecified atom stereocenters. The zero-order valence-corrected chi connectivity index (χ0v) is 11.5. The Labute approximate surface area is 120 Å². The minimum atomic E-state index is -1.25. The van der Waals surface area contributed by atoms with Crippen LogP contribution in [0.4, 0.5) is 11.4 Å². The predicted molar refractivity (Wildman–Crippen MR) is 74.5 cm³/mol. The molecule has 0 aromatic heterocycles. The van der Waals surface area contributed by atoms with Gasteiger partial charge in [0.1, 0.15) is 5.69 Å². The van der Waals surface area contributed by atoms with Gasteiger partial charge >= 0.3 is 5.97 Å². The molecule has 1 aliphatic heterocycles. The first-order chi connectivity index (χ1) is 9.91. The Morgan fingerprint density at radius 1 is 1.38 bits per heavy atom. The monoisotopic (exact) mass is 293 g/mol. The van der Waals surface area contributed by atoms with Gasteiger partial charge in [-0.1, -0.05) is 6.07 Å². The van der Waals surface area contributed by atoms with Crippen molar-refractivity contribution in [2.24, 2.45) is 0 Å². The van der Waals surface area contributed by atoms with Crippen LogP contribution in [0.2, 0.25) is 0 Å². The van der Waals surface area contributed by atoms with Gasteiger partial charge in [-0.15, -0.1) is 0 Å². The van der Waals surface area contributed by atoms with Crippen molar-refractivity contribution in [3.05, 3.63) is 33.9 Å². The van der Waals surface area contributed by atoms with Gasteiger partial charge in [-0.05, 0) is 12.5 Å². The molecular formula is C13H15N3O5. The molecule has 1 N–H and O–H groups in total. The number of benzene rings is 1. The minimum absolute atomic E-state index is 0.00125. The van der Waals surface area contributed by atoms with Gasteiger partial charge in [0.05, 0.1) is 17.0 Å². The number of carboxylic acids is 1. The SMILES string of the molecule is CN1CCCN(c2c(C(=O)O)cccc2[N+](=O)[O-])CC1=O. The van der Waals surface area contributed by atoms with Crippen molar-refractivity contribution in [1.29, 1.82) is 0 Å². The maximum Gasteiger partial charge on any atom is 0.338 e. The molecule has 1 amide bonds. The Kier molecular flexibility index (Phi) is 4.06. The number of amides is 1. The van der Waals surface area contributed by atoms with Crippen LogP contribution >= 0.6 is 0 Å². The average molecular weight is 293 g/mol. The fourth-order valence-electron chi connectivity index (χ4n) is 2.36. The number of carbonyl (C=O) groups excluding carboxylic acids is 1. The number of likely N-dealkylation sites (N-methyl/N-ethyl adjacent to an activating group) is 1. The van der Waals surface area contributed by atoms with E-state index in [1.807, 2.05) is 0 Å². The van der Waals surface area contributed by atoms with E-state index < -0.39 is 10.9 Å². The fraction of sp³-hybridized carbons (Fsp3) is 0.385. The Balaban J connectivity index is 2.52. The van der Waals surface area contributed by atoms with Crippen LogP contribution in [0.25, 0.3) is 0 Å². The number of hydrogen-bond acceptors (Lipinski definition) is 5. The number of nitro benzene ring substituents is 1. The summed E-state index contributed by atoms with van der Waals surface area (Å²) >= 11 is 0. The van der Waals surface area contributed by atoms with Crippen molar-refractivity contribution >= 4 is 23.3 Å². The number of carbonyl (C=O) groups is 2. The van der Waals surface area contributed by atoms with Crippen molar-refractivity contribution in [2.45, 2.75) is 6.42 Å². The fourth-order valence-corrected chi connectivity index (χ4v) is 2.36. The molecule has 1 fully saturated rings. The highest BCUT2D eigenvalue weighted by molar-refractivity contribution is 5.98. The lowest BCUT2D eigenvalue weighted by Gasteiger charge is -2.23. The van der Waals surface area contributed by atoms with Gasteiger partial charge in [0.2, 0.25) is 5.91 Å². The molecule has 1 heterocycles. The maximum absolute atomic E-state index is 11.9. The first-order valence-corrected chi connectivity index (χ1v) is 6.41. The smallest absolute Gasteiger partial charge is 0.338 e. The molecule has 21 heavy (non-hydrogen) atoms. The predicted octanol–water partition coefficient (Wildman–Crippen LogP) is 0.961. The molecular weight excluding hydrogens is 278 g/mol. The molecule has 0 bridgehead atoms. The molecule has 0 radical (unpaired) electrons. The van der Waals surface area contributed by atoms with Gasteiger partial charge in [0, 0.05) is 26.2 Å². The van der Waals surface area contributed by atoms with E-state index >= 15 is 0 Å². The van der Waals surface area contributed by atoms with Crippen molar-refractivity contribution in [3.63, 3.8) is 0 Å². The van der Waals surface area contributed by atoms with Gasteiger partial charge in [-0.3, -0.25) is 14.9 Å². The summed E-state index contributed by atoms with van der Waals surface area (Å²) in [6.07, 6.45) is 0.618. The lowest BCUT2D eigenvalue weighted by Crippen LogP contribution is -2.35. The van der Waals surface area contributed by atoms with E-state index in [1.54, 1.807) is 7.05 Å². The van der Waals surface area contributed by atoms with E-state index in [4.69, 9.17) is 0 Å². The van der Waals surface area contributed by atoms with E-state index in [2.05, 4.69) is 0 Å². The van der Waals surface area contributed by atoms with E-state index in [9.17, 15) is 24.8 Å². The number of hydrogen-bond donors (Lipinski definition) is 1. The van der Waals surface area contributed by atoms with Crippen LogP contribution in [0, 0.1) is 10.1 Å². The van der Waals surface area contributed by atoms with Crippen molar-refractivity contribution < 1.29 is 19.6 Å². The van der Waals surface area contributed by atoms with E-state index in [0.717, 1.165) is 0 Å². The summed E-state index contributed by atoms with van der Waals surface area (Å²) in [4.78, 5) is 36.8. The van der Waals surface area contributed by atoms with Gasteiger partial charge < -0.3 is 14.9 Å². The number of para-hydroxylation sites is 1. The van der Waals surface area contributed by atoms with Gasteiger partial charge in [0.15, 0.2) is 0 Å². The standard InChI is InChI=1S/C13H15N3O5/c1-14-6-3-7-15(8-11(14)17)12-9(13(18)19)4-2-5-10(12)16(20)21/h2,4-5H,3,6-8H2,1H3,(H,18,19). The maximum atomic E-state index is 11.9. The second-order valence-electron chi connectivity index (χ2n) is 4.83. The summed E-state index contributed by atoms with van der Waals surface area (Å²) < 4.78 is 0. The van der Waals surface area contributed by atoms with Crippen molar-refractivity contribution in [2.75, 3.05) is 31.6 Å². The van der Waals surface area contributed by atoms with Crippen molar-refractivity contribution in [3.8, 4) is 0 Å². The van der Waals surface area contributed by atoms with Crippen LogP contribution in [0.5, 0.6) is 0 Å². The highest BCUT2D eigenvalue weighted by Crippen LogP contribution is 2.32. The van der Waals surface area contributed by atoms with Crippen LogP contribution in [-0.4, -0.2) is 53.5 Å². The molecule has 112 valence electrons. The van der Waals surface area contributed by atoms with E-state index in [0.29, 0.717) is 19.5 Å². The van der Waals surface area contributed by atoms with Crippen molar-refractivity contribution in [1.82, 2.24) is 4.90 Å². The highest BCUT2D eigenvalue weighted by Gasteiger charge is 2.29. The quantitative estimate of drug-likeness (QED) is 0.657. The number of nitro groups is 1. The second kappa shape index (κ2) is 5.78. The first-order valence-electron chi connectivity index (χ1n) is 6.41. The Bertz CT molecular complexity index is 569. The summed E-state index contributed by atoms with van der Waals surface area (Å²) in [5.41, 5.74) is -0.465. The number of nitrogens with zero attached hydrogens (tertiary/aromatic N) is 3. The van der Waals surface area contributed by atoms with Gasteiger partial charge in [0.25, 0.3) is 5.69 Å². The molecule has 8 heteroatoms. The lowest BCUT2D eigenvalue weighted by molar-refractivity contribution is -0.384. The normalized spacial score (nSPS) is 15.8. The Morgan fingerprint density at radius 3 is 2.71 bits per heavy atom. The average Bonchev–Trinajstić information content (AvgIpc) is 2.60. The molecule has 1 aromatic carbocycles. The van der Waals surface area contributed by atoms with Gasteiger partial charge in [-0.25, -0.2) is 4.79 Å². The minimum Gasteiger partial charge on any atom is -0.478 e. The largest absolute Gasteiger partial charge is 0.478 e. The van der Waals surface area contributed by atoms with Crippen LogP contribution in [-0.2, 0) is 4.79 Å². The molecule has 1 aliphatic rings. The molecule has 1 saturated heterocycles. The van der Waals surface area contributed by atoms with Crippen LogP contribution < -0.4 is 4.90 Å². The lowest BCUT2D eigenvalue weighted by atomic mass is 10.1. The zero-order valence-electron chi connectivity index (χ0n) is 11.5. The number of aromatic carboxylic acids is 1. The molecule has 8 nitrogen and oxygen atoms in total. The molecule has 1 aromatic rings. The van der Waals surface area contributed by atoms with Crippen LogP contribution in [0.1, 0.15) is 16.8 Å². The molecule has 0 saturated carbocycles. The molecule has 0 spiro atoms. The second-order valence-corrected chi connectivity index (χ2v) is 4.83. The van der Waals surface area contributed by atoms with Crippen LogP contribution in [0.3, 0.4) is 0 Å². The molecule has 2 rings (SSSR count). The molecule has 0 aliphatic carbocycles. The van der Waals surface area contributed by atoms with E-state index in [-0.39, 0.29) is 29.4 Å². The Morgan fingerprint density at radius 2 is 2.10 bits per heavy atom. The van der Waals surface area contributed by atoms with Crippen LogP contribution in [0.15, 0.2) is 18.2 Å². The topological polar surface area (TPSA) is 104 Å². The summed E-state index contributed by atoms with van der Waals surface area (Å²) in [5.74, 6) is -1.44. The number of anilines is 1. The third-order valence-corrected chi connectivity index (χ3v) is 3.43. The zero-order chi connectivity index (χ0) is 15.6. The highest BCUT2D eigenvalue weighted by atomic mass is 16.6. The third-order valence-electron chi connectivity index (χ3n) is 3.43. The summed E-state index contributed by atoms with van der Waals surface area (Å²) in [6, 6.07) is 3.89. The molecule has 0 atom stereocenters. The number of rotatable bonds is 3. The first kappa shape index (κ1) is 14.8. The summed E-state index contributed by atoms with van der Waals surface area (Å²) in [6.45, 7) is 0.862. The Hall–Kier alpha value is -2.64. The number of carboxylic acid groups (broad SMARTS) is 1. The third kappa shape index (κ3) is 2.93.